The van der Waals surface area contributed by atoms with Crippen molar-refractivity contribution in [2.45, 2.75) is 11.8 Å². The Bertz CT molecular complexity index is 711. The highest BCUT2D eigenvalue weighted by Gasteiger charge is 2.11. The minimum absolute atomic E-state index is 0.194. The van der Waals surface area contributed by atoms with Gasteiger partial charge in [-0.05, 0) is 59.3 Å². The predicted molar refractivity (Wildman–Crippen MR) is 88.1 cm³/mol. The van der Waals surface area contributed by atoms with Crippen LogP contribution in [0.4, 0.5) is 0 Å². The van der Waals surface area contributed by atoms with E-state index in [1.807, 2.05) is 24.3 Å². The Balaban J connectivity index is 2.18. The Morgan fingerprint density at radius 2 is 1.65 bits per heavy atom. The van der Waals surface area contributed by atoms with Gasteiger partial charge in [0.25, 0.3) is 10.0 Å². The van der Waals surface area contributed by atoms with Crippen LogP contribution in [0.3, 0.4) is 0 Å². The van der Waals surface area contributed by atoms with E-state index in [2.05, 4.69) is 32.5 Å². The zero-order valence-corrected chi connectivity index (χ0v) is 13.7. The standard InChI is InChI=1S/C14H13IN2O2S/c1-11(12-7-9-13(15)10-8-12)16-17-20(18,19)14-5-3-2-4-6-14/h2-10,17H,1H3/b16-11-. The summed E-state index contributed by atoms with van der Waals surface area (Å²) in [6.45, 7) is 1.76. The number of sulfonamides is 1. The summed E-state index contributed by atoms with van der Waals surface area (Å²) in [5.74, 6) is 0. The monoisotopic (exact) mass is 400 g/mol. The highest BCUT2D eigenvalue weighted by Crippen LogP contribution is 2.09. The molecule has 2 aromatic rings. The number of halogens is 1. The van der Waals surface area contributed by atoms with E-state index < -0.39 is 10.0 Å². The van der Waals surface area contributed by atoms with Crippen molar-refractivity contribution in [1.29, 1.82) is 0 Å². The normalized spacial score (nSPS) is 12.2. The Morgan fingerprint density at radius 3 is 2.25 bits per heavy atom. The van der Waals surface area contributed by atoms with E-state index in [-0.39, 0.29) is 4.90 Å². The molecule has 1 N–H and O–H groups in total. The third kappa shape index (κ3) is 3.80. The van der Waals surface area contributed by atoms with Crippen LogP contribution in [-0.2, 0) is 10.0 Å². The molecule has 0 amide bonds. The molecule has 0 radical (unpaired) electrons. The summed E-state index contributed by atoms with van der Waals surface area (Å²) in [7, 11) is -3.61. The molecule has 0 aliphatic rings. The van der Waals surface area contributed by atoms with Crippen LogP contribution < -0.4 is 4.83 Å². The van der Waals surface area contributed by atoms with Crippen molar-refractivity contribution in [3.63, 3.8) is 0 Å². The zero-order chi connectivity index (χ0) is 14.6. The van der Waals surface area contributed by atoms with Crippen LogP contribution in [0.2, 0.25) is 0 Å². The lowest BCUT2D eigenvalue weighted by atomic mass is 10.1. The number of hydrogen-bond acceptors (Lipinski definition) is 3. The molecule has 0 saturated heterocycles. The van der Waals surface area contributed by atoms with Crippen molar-refractivity contribution in [2.75, 3.05) is 0 Å². The molecular formula is C14H13IN2O2S. The number of benzene rings is 2. The van der Waals surface area contributed by atoms with Crippen LogP contribution >= 0.6 is 22.6 Å². The molecule has 0 bridgehead atoms. The van der Waals surface area contributed by atoms with Crippen molar-refractivity contribution in [2.24, 2.45) is 5.10 Å². The second-order valence-corrected chi connectivity index (χ2v) is 7.02. The van der Waals surface area contributed by atoms with Gasteiger partial charge < -0.3 is 0 Å². The topological polar surface area (TPSA) is 58.5 Å². The molecule has 20 heavy (non-hydrogen) atoms. The van der Waals surface area contributed by atoms with Gasteiger partial charge in [-0.25, -0.2) is 0 Å². The molecule has 0 fully saturated rings. The lowest BCUT2D eigenvalue weighted by molar-refractivity contribution is 0.584. The molecule has 6 heteroatoms. The summed E-state index contributed by atoms with van der Waals surface area (Å²) in [5, 5.41) is 3.95. The SMILES string of the molecule is C/C(=N/NS(=O)(=O)c1ccccc1)c1ccc(I)cc1. The summed E-state index contributed by atoms with van der Waals surface area (Å²) in [6, 6.07) is 15.8. The van der Waals surface area contributed by atoms with Crippen molar-refractivity contribution in [3.05, 3.63) is 63.7 Å². The average Bonchev–Trinajstić information content (AvgIpc) is 2.46. The number of nitrogens with one attached hydrogen (secondary N) is 1. The highest BCUT2D eigenvalue weighted by atomic mass is 127. The van der Waals surface area contributed by atoms with Crippen molar-refractivity contribution >= 4 is 38.3 Å². The third-order valence-corrected chi connectivity index (χ3v) is 4.59. The van der Waals surface area contributed by atoms with Crippen LogP contribution in [0, 0.1) is 3.57 Å². The Morgan fingerprint density at radius 1 is 1.05 bits per heavy atom. The van der Waals surface area contributed by atoms with Crippen LogP contribution in [0.15, 0.2) is 64.6 Å². The molecule has 0 saturated carbocycles. The zero-order valence-electron chi connectivity index (χ0n) is 10.7. The molecule has 0 aromatic heterocycles. The van der Waals surface area contributed by atoms with Gasteiger partial charge in [-0.1, -0.05) is 30.3 Å². The second-order valence-electron chi connectivity index (χ2n) is 4.11. The van der Waals surface area contributed by atoms with E-state index in [1.165, 1.54) is 12.1 Å². The molecule has 0 spiro atoms. The molecule has 0 atom stereocenters. The van der Waals surface area contributed by atoms with Gasteiger partial charge >= 0.3 is 0 Å². The fraction of sp³-hybridized carbons (Fsp3) is 0.0714. The molecule has 2 rings (SSSR count). The smallest absolute Gasteiger partial charge is 0.200 e. The molecule has 104 valence electrons. The fourth-order valence-corrected chi connectivity index (χ4v) is 2.77. The van der Waals surface area contributed by atoms with Gasteiger partial charge in [0.1, 0.15) is 0 Å². The van der Waals surface area contributed by atoms with Gasteiger partial charge in [0.05, 0.1) is 10.6 Å². The number of hydrogen-bond donors (Lipinski definition) is 1. The number of hydrazone groups is 1. The Kier molecular flexibility index (Phi) is 4.77. The van der Waals surface area contributed by atoms with Gasteiger partial charge in [0.15, 0.2) is 0 Å². The number of rotatable bonds is 4. The third-order valence-electron chi connectivity index (χ3n) is 2.65. The molecule has 2 aromatic carbocycles. The molecule has 0 aliphatic heterocycles. The average molecular weight is 400 g/mol. The summed E-state index contributed by atoms with van der Waals surface area (Å²) in [4.78, 5) is 2.44. The van der Waals surface area contributed by atoms with Crippen LogP contribution in [0.5, 0.6) is 0 Å². The summed E-state index contributed by atoms with van der Waals surface area (Å²) in [6.07, 6.45) is 0. The summed E-state index contributed by atoms with van der Waals surface area (Å²) < 4.78 is 25.1. The van der Waals surface area contributed by atoms with Crippen LogP contribution in [0.25, 0.3) is 0 Å². The van der Waals surface area contributed by atoms with E-state index >= 15 is 0 Å². The highest BCUT2D eigenvalue weighted by molar-refractivity contribution is 14.1. The maximum atomic E-state index is 12.0. The minimum atomic E-state index is -3.61. The second kappa shape index (κ2) is 6.36. The van der Waals surface area contributed by atoms with Crippen LogP contribution in [0.1, 0.15) is 12.5 Å². The first kappa shape index (κ1) is 15.0. The lowest BCUT2D eigenvalue weighted by Crippen LogP contribution is -2.19. The first-order valence-electron chi connectivity index (χ1n) is 5.86. The van der Waals surface area contributed by atoms with Gasteiger partial charge in [-0.2, -0.15) is 18.4 Å². The fourth-order valence-electron chi connectivity index (χ4n) is 1.54. The summed E-state index contributed by atoms with van der Waals surface area (Å²) in [5.41, 5.74) is 1.49. The lowest BCUT2D eigenvalue weighted by Gasteiger charge is -2.05. The molecule has 4 nitrogen and oxygen atoms in total. The van der Waals surface area contributed by atoms with Gasteiger partial charge in [0.2, 0.25) is 0 Å². The molecule has 0 aliphatic carbocycles. The Hall–Kier alpha value is -1.41. The predicted octanol–water partition coefficient (Wildman–Crippen LogP) is 2.99. The van der Waals surface area contributed by atoms with Gasteiger partial charge in [-0.15, -0.1) is 0 Å². The van der Waals surface area contributed by atoms with E-state index in [4.69, 9.17) is 0 Å². The number of nitrogens with zero attached hydrogens (tertiary/aromatic N) is 1. The summed E-state index contributed by atoms with van der Waals surface area (Å²) >= 11 is 2.21. The maximum Gasteiger partial charge on any atom is 0.276 e. The largest absolute Gasteiger partial charge is 0.276 e. The molecular weight excluding hydrogens is 387 g/mol. The van der Waals surface area contributed by atoms with Crippen molar-refractivity contribution in [1.82, 2.24) is 4.83 Å². The molecule has 0 unspecified atom stereocenters. The Labute approximate surface area is 132 Å². The minimum Gasteiger partial charge on any atom is -0.200 e. The van der Waals surface area contributed by atoms with Crippen LogP contribution in [-0.4, -0.2) is 14.1 Å². The molecule has 0 heterocycles. The van der Waals surface area contributed by atoms with Crippen molar-refractivity contribution in [3.8, 4) is 0 Å². The van der Waals surface area contributed by atoms with E-state index in [9.17, 15) is 8.42 Å². The van der Waals surface area contributed by atoms with Gasteiger partial charge in [-0.3, -0.25) is 0 Å². The van der Waals surface area contributed by atoms with Crippen molar-refractivity contribution < 1.29 is 8.42 Å². The van der Waals surface area contributed by atoms with Gasteiger partial charge in [0, 0.05) is 3.57 Å². The maximum absolute atomic E-state index is 12.0. The van der Waals surface area contributed by atoms with E-state index in [0.717, 1.165) is 9.13 Å². The van der Waals surface area contributed by atoms with E-state index in [0.29, 0.717) is 5.71 Å². The van der Waals surface area contributed by atoms with E-state index in [1.54, 1.807) is 25.1 Å². The quantitative estimate of drug-likeness (QED) is 0.488. The first-order chi connectivity index (χ1) is 9.49. The first-order valence-corrected chi connectivity index (χ1v) is 8.42.